The van der Waals surface area contributed by atoms with Gasteiger partial charge in [0.05, 0.1) is 10.7 Å². The van der Waals surface area contributed by atoms with Gasteiger partial charge in [-0.15, -0.1) is 0 Å². The third-order valence-corrected chi connectivity index (χ3v) is 2.66. The third kappa shape index (κ3) is 3.17. The van der Waals surface area contributed by atoms with E-state index >= 15 is 0 Å². The fraction of sp³-hybridized carbons (Fsp3) is 0.0769. The second-order valence-electron chi connectivity index (χ2n) is 3.76. The second kappa shape index (κ2) is 5.31. The van der Waals surface area contributed by atoms with E-state index in [4.69, 9.17) is 11.6 Å². The first-order valence-electron chi connectivity index (χ1n) is 5.18. The van der Waals surface area contributed by atoms with Crippen LogP contribution in [-0.2, 0) is 6.54 Å². The van der Waals surface area contributed by atoms with Crippen LogP contribution >= 0.6 is 11.6 Å². The highest BCUT2D eigenvalue weighted by atomic mass is 35.5. The summed E-state index contributed by atoms with van der Waals surface area (Å²) in [5, 5.41) is 3.16. The van der Waals surface area contributed by atoms with Crippen molar-refractivity contribution in [2.75, 3.05) is 5.32 Å². The minimum Gasteiger partial charge on any atom is -0.380 e. The van der Waals surface area contributed by atoms with Gasteiger partial charge in [-0.25, -0.2) is 13.2 Å². The molecule has 0 heterocycles. The van der Waals surface area contributed by atoms with E-state index in [2.05, 4.69) is 5.32 Å². The molecule has 0 aromatic heterocycles. The highest BCUT2D eigenvalue weighted by molar-refractivity contribution is 6.33. The van der Waals surface area contributed by atoms with Crippen LogP contribution in [0.5, 0.6) is 0 Å². The van der Waals surface area contributed by atoms with E-state index in [1.165, 1.54) is 30.3 Å². The van der Waals surface area contributed by atoms with E-state index in [9.17, 15) is 13.2 Å². The standard InChI is InChI=1S/C13H9ClF3N/c14-12-2-1-9(15)6-13(12)18-7-8-3-10(16)5-11(17)4-8/h1-6,18H,7H2. The van der Waals surface area contributed by atoms with Crippen LogP contribution in [0.4, 0.5) is 18.9 Å². The number of anilines is 1. The Hall–Kier alpha value is -1.68. The number of nitrogens with one attached hydrogen (secondary N) is 1. The molecule has 0 amide bonds. The van der Waals surface area contributed by atoms with Crippen molar-refractivity contribution in [3.63, 3.8) is 0 Å². The molecule has 2 aromatic carbocycles. The fourth-order valence-electron chi connectivity index (χ4n) is 1.54. The van der Waals surface area contributed by atoms with Gasteiger partial charge in [-0.3, -0.25) is 0 Å². The van der Waals surface area contributed by atoms with Gasteiger partial charge in [0.2, 0.25) is 0 Å². The number of halogens is 4. The molecule has 2 rings (SSSR count). The summed E-state index contributed by atoms with van der Waals surface area (Å²) in [7, 11) is 0. The molecule has 5 heteroatoms. The van der Waals surface area contributed by atoms with Crippen LogP contribution in [0, 0.1) is 17.5 Å². The predicted molar refractivity (Wildman–Crippen MR) is 65.1 cm³/mol. The molecule has 0 atom stereocenters. The minimum atomic E-state index is -0.655. The first-order valence-corrected chi connectivity index (χ1v) is 5.56. The van der Waals surface area contributed by atoms with Crippen molar-refractivity contribution in [1.29, 1.82) is 0 Å². The molecule has 18 heavy (non-hydrogen) atoms. The van der Waals surface area contributed by atoms with Gasteiger partial charge in [0.25, 0.3) is 0 Å². The molecular formula is C13H9ClF3N. The Morgan fingerprint density at radius 3 is 2.22 bits per heavy atom. The van der Waals surface area contributed by atoms with Crippen molar-refractivity contribution in [2.24, 2.45) is 0 Å². The molecule has 0 saturated heterocycles. The van der Waals surface area contributed by atoms with E-state index in [0.717, 1.165) is 6.07 Å². The summed E-state index contributed by atoms with van der Waals surface area (Å²) < 4.78 is 38.9. The number of hydrogen-bond acceptors (Lipinski definition) is 1. The average molecular weight is 272 g/mol. The van der Waals surface area contributed by atoms with Gasteiger partial charge in [-0.1, -0.05) is 11.6 Å². The van der Waals surface area contributed by atoms with E-state index in [1.807, 2.05) is 0 Å². The zero-order valence-electron chi connectivity index (χ0n) is 9.18. The Labute approximate surface area is 107 Å². The summed E-state index contributed by atoms with van der Waals surface area (Å²) in [6.45, 7) is 0.151. The number of rotatable bonds is 3. The van der Waals surface area contributed by atoms with Gasteiger partial charge in [-0.05, 0) is 35.9 Å². The van der Waals surface area contributed by atoms with Crippen molar-refractivity contribution in [3.8, 4) is 0 Å². The Morgan fingerprint density at radius 2 is 1.56 bits per heavy atom. The molecule has 0 aliphatic rings. The molecule has 0 spiro atoms. The number of benzene rings is 2. The van der Waals surface area contributed by atoms with Crippen molar-refractivity contribution >= 4 is 17.3 Å². The van der Waals surface area contributed by atoms with Crippen LogP contribution in [0.3, 0.4) is 0 Å². The summed E-state index contributed by atoms with van der Waals surface area (Å²) >= 11 is 5.85. The van der Waals surface area contributed by atoms with Gasteiger partial charge < -0.3 is 5.32 Å². The normalized spacial score (nSPS) is 10.4. The molecular weight excluding hydrogens is 263 g/mol. The largest absolute Gasteiger partial charge is 0.380 e. The van der Waals surface area contributed by atoms with E-state index in [1.54, 1.807) is 0 Å². The molecule has 94 valence electrons. The van der Waals surface area contributed by atoms with Crippen LogP contribution in [0.2, 0.25) is 5.02 Å². The fourth-order valence-corrected chi connectivity index (χ4v) is 1.73. The lowest BCUT2D eigenvalue weighted by Gasteiger charge is -2.08. The summed E-state index contributed by atoms with van der Waals surface area (Å²) in [5.41, 5.74) is 0.786. The lowest BCUT2D eigenvalue weighted by Crippen LogP contribution is -2.01. The monoisotopic (exact) mass is 271 g/mol. The highest BCUT2D eigenvalue weighted by Gasteiger charge is 2.04. The quantitative estimate of drug-likeness (QED) is 0.874. The Balaban J connectivity index is 2.13. The molecule has 1 nitrogen and oxygen atoms in total. The Kier molecular flexibility index (Phi) is 3.77. The summed E-state index contributed by atoms with van der Waals surface area (Å²) in [5.74, 6) is -1.75. The maximum Gasteiger partial charge on any atom is 0.126 e. The Bertz CT molecular complexity index is 552. The maximum atomic E-state index is 13.0. The first kappa shape index (κ1) is 12.8. The van der Waals surface area contributed by atoms with Gasteiger partial charge >= 0.3 is 0 Å². The van der Waals surface area contributed by atoms with Crippen LogP contribution in [0.15, 0.2) is 36.4 Å². The molecule has 1 N–H and O–H groups in total. The molecule has 0 aliphatic heterocycles. The summed E-state index contributed by atoms with van der Waals surface area (Å²) in [6, 6.07) is 7.05. The molecule has 0 bridgehead atoms. The van der Waals surface area contributed by atoms with Crippen LogP contribution in [0.1, 0.15) is 5.56 Å². The van der Waals surface area contributed by atoms with Crippen molar-refractivity contribution in [2.45, 2.75) is 6.54 Å². The molecule has 0 fully saturated rings. The smallest absolute Gasteiger partial charge is 0.126 e. The van der Waals surface area contributed by atoms with Gasteiger partial charge in [0, 0.05) is 12.6 Å². The molecule has 0 aliphatic carbocycles. The summed E-state index contributed by atoms with van der Waals surface area (Å²) in [4.78, 5) is 0. The van der Waals surface area contributed by atoms with Gasteiger partial charge in [-0.2, -0.15) is 0 Å². The van der Waals surface area contributed by atoms with Gasteiger partial charge in [0.15, 0.2) is 0 Å². The topological polar surface area (TPSA) is 12.0 Å². The highest BCUT2D eigenvalue weighted by Crippen LogP contribution is 2.23. The van der Waals surface area contributed by atoms with E-state index in [0.29, 0.717) is 16.3 Å². The zero-order chi connectivity index (χ0) is 13.1. The minimum absolute atomic E-state index is 0.151. The Morgan fingerprint density at radius 1 is 0.889 bits per heavy atom. The van der Waals surface area contributed by atoms with Crippen LogP contribution < -0.4 is 5.32 Å². The number of hydrogen-bond donors (Lipinski definition) is 1. The first-order chi connectivity index (χ1) is 8.54. The maximum absolute atomic E-state index is 13.0. The van der Waals surface area contributed by atoms with Crippen molar-refractivity contribution < 1.29 is 13.2 Å². The van der Waals surface area contributed by atoms with E-state index < -0.39 is 17.5 Å². The van der Waals surface area contributed by atoms with Crippen LogP contribution in [-0.4, -0.2) is 0 Å². The molecule has 0 radical (unpaired) electrons. The summed E-state index contributed by atoms with van der Waals surface area (Å²) in [6.07, 6.45) is 0. The molecule has 2 aromatic rings. The van der Waals surface area contributed by atoms with Crippen LogP contribution in [0.25, 0.3) is 0 Å². The van der Waals surface area contributed by atoms with Gasteiger partial charge in [0.1, 0.15) is 17.5 Å². The third-order valence-electron chi connectivity index (χ3n) is 2.33. The second-order valence-corrected chi connectivity index (χ2v) is 4.16. The average Bonchev–Trinajstić information content (AvgIpc) is 2.29. The lowest BCUT2D eigenvalue weighted by molar-refractivity contribution is 0.580. The molecule has 0 unspecified atom stereocenters. The zero-order valence-corrected chi connectivity index (χ0v) is 9.94. The molecule has 0 saturated carbocycles. The van der Waals surface area contributed by atoms with Crippen molar-refractivity contribution in [1.82, 2.24) is 0 Å². The SMILES string of the molecule is Fc1cc(F)cc(CNc2cc(F)ccc2Cl)c1. The van der Waals surface area contributed by atoms with Crippen molar-refractivity contribution in [3.05, 3.63) is 64.4 Å². The lowest BCUT2D eigenvalue weighted by atomic mass is 10.2. The predicted octanol–water partition coefficient (Wildman–Crippen LogP) is 4.37. The van der Waals surface area contributed by atoms with E-state index in [-0.39, 0.29) is 6.54 Å².